The summed E-state index contributed by atoms with van der Waals surface area (Å²) in [7, 11) is 1.56. The Morgan fingerprint density at radius 1 is 1.16 bits per heavy atom. The van der Waals surface area contributed by atoms with E-state index in [-0.39, 0.29) is 13.0 Å². The molecule has 0 spiro atoms. The van der Waals surface area contributed by atoms with Crippen molar-refractivity contribution in [2.24, 2.45) is 0 Å². The predicted molar refractivity (Wildman–Crippen MR) is 144 cm³/mol. The molecule has 11 heteroatoms. The highest BCUT2D eigenvalue weighted by Gasteiger charge is 2.36. The molecule has 1 amide bonds. The summed E-state index contributed by atoms with van der Waals surface area (Å²) in [6.45, 7) is 1.89. The largest absolute Gasteiger partial charge is 0.486 e. The van der Waals surface area contributed by atoms with E-state index in [9.17, 15) is 15.0 Å². The zero-order valence-electron chi connectivity index (χ0n) is 21.2. The fraction of sp³-hybridized carbons (Fsp3) is 0.444. The maximum atomic E-state index is 12.8. The molecule has 202 valence electrons. The molecule has 3 aromatic rings. The van der Waals surface area contributed by atoms with Crippen molar-refractivity contribution in [3.05, 3.63) is 52.3 Å². The van der Waals surface area contributed by atoms with Crippen LogP contribution in [0.4, 0.5) is 4.79 Å². The summed E-state index contributed by atoms with van der Waals surface area (Å²) in [6, 6.07) is 8.65. The fourth-order valence-electron chi connectivity index (χ4n) is 5.26. The summed E-state index contributed by atoms with van der Waals surface area (Å²) in [5.41, 5.74) is 2.00. The fourth-order valence-corrected chi connectivity index (χ4v) is 5.90. The highest BCUT2D eigenvalue weighted by atomic mass is 79.9. The monoisotopic (exact) mass is 586 g/mol. The number of halogens is 1. The quantitative estimate of drug-likeness (QED) is 0.385. The van der Waals surface area contributed by atoms with Crippen molar-refractivity contribution in [1.82, 2.24) is 20.0 Å². The molecule has 38 heavy (non-hydrogen) atoms. The van der Waals surface area contributed by atoms with Gasteiger partial charge in [0.15, 0.2) is 11.5 Å². The number of hydrogen-bond acceptors (Lipinski definition) is 8. The van der Waals surface area contributed by atoms with Gasteiger partial charge in [0.1, 0.15) is 13.2 Å². The minimum atomic E-state index is -1.07. The first-order valence-electron chi connectivity index (χ1n) is 12.8. The van der Waals surface area contributed by atoms with Crippen LogP contribution in [0.15, 0.2) is 41.0 Å². The van der Waals surface area contributed by atoms with Gasteiger partial charge >= 0.3 is 6.09 Å². The van der Waals surface area contributed by atoms with E-state index >= 15 is 0 Å². The van der Waals surface area contributed by atoms with Crippen LogP contribution < -0.4 is 14.2 Å². The van der Waals surface area contributed by atoms with Crippen LogP contribution in [-0.4, -0.2) is 76.3 Å². The van der Waals surface area contributed by atoms with Crippen molar-refractivity contribution in [2.75, 3.05) is 40.0 Å². The Morgan fingerprint density at radius 2 is 1.89 bits per heavy atom. The molecule has 1 aromatic carbocycles. The Bertz CT molecular complexity index is 1300. The van der Waals surface area contributed by atoms with E-state index in [0.717, 1.165) is 34.7 Å². The molecule has 0 saturated carbocycles. The second kappa shape index (κ2) is 11.7. The lowest BCUT2D eigenvalue weighted by Crippen LogP contribution is -2.50. The number of benzene rings is 1. The van der Waals surface area contributed by atoms with Gasteiger partial charge in [-0.2, -0.15) is 0 Å². The molecule has 4 heterocycles. The smallest absolute Gasteiger partial charge is 0.422 e. The molecule has 2 N–H and O–H groups in total. The molecular weight excluding hydrogens is 556 g/mol. The number of aliphatic hydroxyl groups excluding tert-OH is 1. The molecule has 2 unspecified atom stereocenters. The second-order valence-corrected chi connectivity index (χ2v) is 10.3. The molecule has 10 nitrogen and oxygen atoms in total. The predicted octanol–water partition coefficient (Wildman–Crippen LogP) is 4.76. The van der Waals surface area contributed by atoms with E-state index in [1.54, 1.807) is 25.4 Å². The van der Waals surface area contributed by atoms with Crippen molar-refractivity contribution in [1.29, 1.82) is 0 Å². The number of ether oxygens (including phenoxy) is 3. The van der Waals surface area contributed by atoms with Crippen LogP contribution in [-0.2, 0) is 0 Å². The topological polar surface area (TPSA) is 117 Å². The van der Waals surface area contributed by atoms with E-state index in [1.165, 1.54) is 5.01 Å². The van der Waals surface area contributed by atoms with Crippen LogP contribution in [0.1, 0.15) is 48.9 Å². The van der Waals surface area contributed by atoms with Gasteiger partial charge < -0.3 is 24.4 Å². The van der Waals surface area contributed by atoms with Gasteiger partial charge in [0.05, 0.1) is 37.2 Å². The third-order valence-corrected chi connectivity index (χ3v) is 7.78. The number of carbonyl (C=O) groups is 1. The maximum absolute atomic E-state index is 12.8. The summed E-state index contributed by atoms with van der Waals surface area (Å²) < 4.78 is 17.6. The third-order valence-electron chi connectivity index (χ3n) is 7.09. The molecule has 0 bridgehead atoms. The molecule has 2 aliphatic heterocycles. The van der Waals surface area contributed by atoms with Crippen LogP contribution >= 0.6 is 15.9 Å². The number of hydrogen-bond donors (Lipinski definition) is 2. The normalized spacial score (nSPS) is 17.1. The molecule has 2 aliphatic rings. The van der Waals surface area contributed by atoms with Gasteiger partial charge in [-0.25, -0.2) is 19.8 Å². The molecular formula is C27H31BrN4O6. The maximum Gasteiger partial charge on any atom is 0.422 e. The number of nitrogens with zero attached hydrogens (tertiary/aromatic N) is 4. The first-order valence-corrected chi connectivity index (χ1v) is 13.6. The number of fused-ring (bicyclic) bond motifs is 2. The minimum Gasteiger partial charge on any atom is -0.486 e. The van der Waals surface area contributed by atoms with Gasteiger partial charge in [0, 0.05) is 41.0 Å². The first kappa shape index (κ1) is 26.5. The second-order valence-electron chi connectivity index (χ2n) is 9.41. The van der Waals surface area contributed by atoms with E-state index < -0.39 is 18.1 Å². The van der Waals surface area contributed by atoms with Gasteiger partial charge in [-0.15, -0.1) is 0 Å². The summed E-state index contributed by atoms with van der Waals surface area (Å²) in [4.78, 5) is 22.1. The number of carboxylic acid groups (broad SMARTS) is 1. The number of rotatable bonds is 8. The molecule has 1 saturated heterocycles. The van der Waals surface area contributed by atoms with Crippen molar-refractivity contribution >= 4 is 32.9 Å². The first-order chi connectivity index (χ1) is 18.5. The van der Waals surface area contributed by atoms with Crippen LogP contribution in [0.2, 0.25) is 0 Å². The summed E-state index contributed by atoms with van der Waals surface area (Å²) in [6.07, 6.45) is 3.67. The SMILES string of the molecule is COc1ccc2ccc(Br)c(C(CO)CC(c3cc4c(cn3)OCCO4)N(C(=O)O)N3CCCCC3)c2n1. The van der Waals surface area contributed by atoms with Crippen molar-refractivity contribution in [3.63, 3.8) is 0 Å². The van der Waals surface area contributed by atoms with Gasteiger partial charge in [0.2, 0.25) is 5.88 Å². The zero-order chi connectivity index (χ0) is 26.6. The molecule has 1 fully saturated rings. The third kappa shape index (κ3) is 5.36. The lowest BCUT2D eigenvalue weighted by molar-refractivity contribution is -0.0581. The van der Waals surface area contributed by atoms with Gasteiger partial charge in [-0.05, 0) is 37.0 Å². The van der Waals surface area contributed by atoms with Crippen LogP contribution in [0.3, 0.4) is 0 Å². The Morgan fingerprint density at radius 3 is 2.61 bits per heavy atom. The lowest BCUT2D eigenvalue weighted by atomic mass is 9.89. The van der Waals surface area contributed by atoms with Gasteiger partial charge in [-0.1, -0.05) is 28.4 Å². The zero-order valence-corrected chi connectivity index (χ0v) is 22.8. The van der Waals surface area contributed by atoms with E-state index in [0.29, 0.717) is 54.9 Å². The van der Waals surface area contributed by atoms with Crippen LogP contribution in [0.5, 0.6) is 17.4 Å². The molecule has 5 rings (SSSR count). The van der Waals surface area contributed by atoms with Gasteiger partial charge in [-0.3, -0.25) is 4.98 Å². The molecule has 2 aromatic heterocycles. The highest BCUT2D eigenvalue weighted by molar-refractivity contribution is 9.10. The molecule has 0 aliphatic carbocycles. The van der Waals surface area contributed by atoms with Gasteiger partial charge in [0.25, 0.3) is 0 Å². The number of hydrazine groups is 1. The van der Waals surface area contributed by atoms with Crippen LogP contribution in [0, 0.1) is 0 Å². The van der Waals surface area contributed by atoms with Crippen molar-refractivity contribution in [2.45, 2.75) is 37.6 Å². The number of piperidine rings is 1. The standard InChI is InChI=1S/C27H31BrN4O6/c1-36-24-8-6-17-5-7-19(28)25(26(17)30-24)18(16-33)13-21(32(27(34)35)31-9-3-2-4-10-31)20-14-22-23(15-29-20)38-12-11-37-22/h5-8,14-15,18,21,33H,2-4,9-13,16H2,1H3,(H,34,35). The Labute approximate surface area is 229 Å². The van der Waals surface area contributed by atoms with E-state index in [2.05, 4.69) is 25.9 Å². The minimum absolute atomic E-state index is 0.217. The summed E-state index contributed by atoms with van der Waals surface area (Å²) in [5.74, 6) is 1.07. The average molecular weight is 587 g/mol. The van der Waals surface area contributed by atoms with Crippen molar-refractivity contribution in [3.8, 4) is 17.4 Å². The Kier molecular flexibility index (Phi) is 8.15. The lowest BCUT2D eigenvalue weighted by Gasteiger charge is -2.41. The number of methoxy groups -OCH3 is 1. The summed E-state index contributed by atoms with van der Waals surface area (Å²) >= 11 is 3.66. The van der Waals surface area contributed by atoms with E-state index in [1.807, 2.05) is 23.2 Å². The highest BCUT2D eigenvalue weighted by Crippen LogP contribution is 2.41. The number of amides is 1. The van der Waals surface area contributed by atoms with Crippen LogP contribution in [0.25, 0.3) is 10.9 Å². The number of pyridine rings is 2. The number of aromatic nitrogens is 2. The molecule has 0 radical (unpaired) electrons. The number of aliphatic hydroxyl groups is 1. The summed E-state index contributed by atoms with van der Waals surface area (Å²) in [5, 5.41) is 25.3. The Balaban J connectivity index is 1.60. The van der Waals surface area contributed by atoms with E-state index in [4.69, 9.17) is 14.2 Å². The van der Waals surface area contributed by atoms with Crippen molar-refractivity contribution < 1.29 is 29.2 Å². The average Bonchev–Trinajstić information content (AvgIpc) is 2.95. The Hall–Kier alpha value is -3.15. The molecule has 2 atom stereocenters.